The van der Waals surface area contributed by atoms with E-state index in [9.17, 15) is 4.79 Å². The fourth-order valence-electron chi connectivity index (χ4n) is 0.653. The van der Waals surface area contributed by atoms with Gasteiger partial charge in [0.25, 0.3) is 0 Å². The molecule has 0 N–H and O–H groups in total. The van der Waals surface area contributed by atoms with Gasteiger partial charge in [0.1, 0.15) is 5.50 Å². The number of amides is 1. The van der Waals surface area contributed by atoms with E-state index in [0.29, 0.717) is 13.0 Å². The second-order valence-corrected chi connectivity index (χ2v) is 2.71. The number of halogens is 2. The SMILES string of the molecule is CCC(Cl)N(CC)C(=O)Cl. The molecule has 0 aromatic carbocycles. The van der Waals surface area contributed by atoms with Gasteiger partial charge in [0.15, 0.2) is 0 Å². The zero-order chi connectivity index (χ0) is 8.15. The highest BCUT2D eigenvalue weighted by molar-refractivity contribution is 6.63. The molecule has 10 heavy (non-hydrogen) atoms. The Hall–Kier alpha value is 0.0500. The largest absolute Gasteiger partial charge is 0.317 e. The van der Waals surface area contributed by atoms with Gasteiger partial charge in [-0.25, -0.2) is 0 Å². The number of rotatable bonds is 3. The molecule has 0 rings (SSSR count). The van der Waals surface area contributed by atoms with Crippen molar-refractivity contribution in [2.24, 2.45) is 0 Å². The van der Waals surface area contributed by atoms with Crippen LogP contribution in [0.2, 0.25) is 0 Å². The van der Waals surface area contributed by atoms with Gasteiger partial charge in [-0.1, -0.05) is 18.5 Å². The Kier molecular flexibility index (Phi) is 4.83. The van der Waals surface area contributed by atoms with Crippen molar-refractivity contribution in [3.8, 4) is 0 Å². The van der Waals surface area contributed by atoms with E-state index in [2.05, 4.69) is 0 Å². The molecule has 1 amide bonds. The van der Waals surface area contributed by atoms with Gasteiger partial charge >= 0.3 is 5.37 Å². The van der Waals surface area contributed by atoms with Gasteiger partial charge in [-0.15, -0.1) is 0 Å². The predicted molar refractivity (Wildman–Crippen MR) is 43.6 cm³/mol. The zero-order valence-corrected chi connectivity index (χ0v) is 7.61. The number of hydrogen-bond acceptors (Lipinski definition) is 1. The highest BCUT2D eigenvalue weighted by atomic mass is 35.5. The van der Waals surface area contributed by atoms with E-state index in [-0.39, 0.29) is 5.50 Å². The van der Waals surface area contributed by atoms with E-state index in [1.807, 2.05) is 13.8 Å². The fourth-order valence-corrected chi connectivity index (χ4v) is 1.17. The lowest BCUT2D eigenvalue weighted by atomic mass is 10.4. The second kappa shape index (κ2) is 4.80. The molecule has 0 aliphatic rings. The van der Waals surface area contributed by atoms with Crippen LogP contribution in [-0.4, -0.2) is 22.3 Å². The Balaban J connectivity index is 3.92. The van der Waals surface area contributed by atoms with Crippen LogP contribution >= 0.6 is 23.2 Å². The molecule has 0 aliphatic heterocycles. The van der Waals surface area contributed by atoms with Crippen LogP contribution in [0.4, 0.5) is 4.79 Å². The van der Waals surface area contributed by atoms with Crippen LogP contribution in [0, 0.1) is 0 Å². The molecular formula is C6H11Cl2NO. The summed E-state index contributed by atoms with van der Waals surface area (Å²) in [6, 6.07) is 0. The number of alkyl halides is 1. The molecule has 0 radical (unpaired) electrons. The number of nitrogens with zero attached hydrogens (tertiary/aromatic N) is 1. The standard InChI is InChI=1S/C6H11Cl2NO/c1-3-5(7)9(4-2)6(8)10/h5H,3-4H2,1-2H3. The first-order valence-corrected chi connectivity index (χ1v) is 4.05. The average molecular weight is 184 g/mol. The minimum atomic E-state index is -0.482. The van der Waals surface area contributed by atoms with Crippen molar-refractivity contribution in [1.29, 1.82) is 0 Å². The maximum atomic E-state index is 10.6. The molecule has 60 valence electrons. The average Bonchev–Trinajstić information content (AvgIpc) is 1.88. The lowest BCUT2D eigenvalue weighted by molar-refractivity contribution is 0.218. The molecule has 0 aromatic rings. The Morgan fingerprint density at radius 3 is 2.20 bits per heavy atom. The summed E-state index contributed by atoms with van der Waals surface area (Å²) in [6.07, 6.45) is 0.716. The molecule has 1 unspecified atom stereocenters. The normalized spacial score (nSPS) is 12.8. The van der Waals surface area contributed by atoms with Crippen molar-refractivity contribution in [2.75, 3.05) is 6.54 Å². The smallest absolute Gasteiger partial charge is 0.313 e. The molecular weight excluding hydrogens is 173 g/mol. The first-order chi connectivity index (χ1) is 4.63. The van der Waals surface area contributed by atoms with E-state index in [1.165, 1.54) is 4.90 Å². The Morgan fingerprint density at radius 2 is 2.10 bits per heavy atom. The van der Waals surface area contributed by atoms with E-state index in [1.54, 1.807) is 0 Å². The summed E-state index contributed by atoms with van der Waals surface area (Å²) in [5.74, 6) is 0. The molecule has 0 spiro atoms. The van der Waals surface area contributed by atoms with E-state index < -0.39 is 5.37 Å². The lowest BCUT2D eigenvalue weighted by Crippen LogP contribution is -2.32. The highest BCUT2D eigenvalue weighted by Crippen LogP contribution is 2.10. The summed E-state index contributed by atoms with van der Waals surface area (Å²) in [4.78, 5) is 12.0. The minimum absolute atomic E-state index is 0.269. The summed E-state index contributed by atoms with van der Waals surface area (Å²) < 4.78 is 0. The molecule has 0 heterocycles. The van der Waals surface area contributed by atoms with Gasteiger partial charge < -0.3 is 4.90 Å². The van der Waals surface area contributed by atoms with Crippen LogP contribution < -0.4 is 0 Å². The van der Waals surface area contributed by atoms with Crippen LogP contribution in [-0.2, 0) is 0 Å². The third kappa shape index (κ3) is 2.76. The number of carbonyl (C=O) groups is 1. The van der Waals surface area contributed by atoms with Crippen LogP contribution in [0.15, 0.2) is 0 Å². The van der Waals surface area contributed by atoms with E-state index >= 15 is 0 Å². The van der Waals surface area contributed by atoms with Crippen molar-refractivity contribution in [1.82, 2.24) is 4.90 Å². The summed E-state index contributed by atoms with van der Waals surface area (Å²) in [6.45, 7) is 4.30. The summed E-state index contributed by atoms with van der Waals surface area (Å²) in [5.41, 5.74) is -0.269. The van der Waals surface area contributed by atoms with Crippen molar-refractivity contribution in [2.45, 2.75) is 25.8 Å². The fraction of sp³-hybridized carbons (Fsp3) is 0.833. The number of carbonyl (C=O) groups excluding carboxylic acids is 1. The van der Waals surface area contributed by atoms with Crippen LogP contribution in [0.1, 0.15) is 20.3 Å². The van der Waals surface area contributed by atoms with Gasteiger partial charge in [-0.3, -0.25) is 4.79 Å². The quantitative estimate of drug-likeness (QED) is 0.375. The molecule has 0 aliphatic carbocycles. The lowest BCUT2D eigenvalue weighted by Gasteiger charge is -2.21. The first-order valence-electron chi connectivity index (χ1n) is 3.23. The Morgan fingerprint density at radius 1 is 1.60 bits per heavy atom. The van der Waals surface area contributed by atoms with Gasteiger partial charge in [0.05, 0.1) is 0 Å². The minimum Gasteiger partial charge on any atom is -0.313 e. The summed E-state index contributed by atoms with van der Waals surface area (Å²) in [7, 11) is 0. The molecule has 0 saturated carbocycles. The van der Waals surface area contributed by atoms with Crippen LogP contribution in [0.5, 0.6) is 0 Å². The van der Waals surface area contributed by atoms with Gasteiger partial charge in [0, 0.05) is 6.54 Å². The molecule has 0 fully saturated rings. The van der Waals surface area contributed by atoms with E-state index in [0.717, 1.165) is 0 Å². The highest BCUT2D eigenvalue weighted by Gasteiger charge is 2.15. The predicted octanol–water partition coefficient (Wildman–Crippen LogP) is 2.64. The summed E-state index contributed by atoms with van der Waals surface area (Å²) in [5, 5.41) is -0.482. The van der Waals surface area contributed by atoms with Crippen molar-refractivity contribution in [3.63, 3.8) is 0 Å². The van der Waals surface area contributed by atoms with Crippen LogP contribution in [0.25, 0.3) is 0 Å². The van der Waals surface area contributed by atoms with Gasteiger partial charge in [-0.2, -0.15) is 0 Å². The third-order valence-corrected chi connectivity index (χ3v) is 2.00. The van der Waals surface area contributed by atoms with Crippen molar-refractivity contribution < 1.29 is 4.79 Å². The van der Waals surface area contributed by atoms with E-state index in [4.69, 9.17) is 23.2 Å². The molecule has 4 heteroatoms. The Labute approximate surface area is 71.1 Å². The molecule has 0 saturated heterocycles. The maximum absolute atomic E-state index is 10.6. The maximum Gasteiger partial charge on any atom is 0.317 e. The molecule has 1 atom stereocenters. The third-order valence-electron chi connectivity index (χ3n) is 1.24. The topological polar surface area (TPSA) is 20.3 Å². The Bertz CT molecular complexity index is 118. The van der Waals surface area contributed by atoms with Crippen molar-refractivity contribution in [3.05, 3.63) is 0 Å². The molecule has 0 bridgehead atoms. The molecule has 0 aromatic heterocycles. The molecule has 2 nitrogen and oxygen atoms in total. The van der Waals surface area contributed by atoms with Gasteiger partial charge in [-0.05, 0) is 24.9 Å². The van der Waals surface area contributed by atoms with Crippen molar-refractivity contribution >= 4 is 28.6 Å². The zero-order valence-electron chi connectivity index (χ0n) is 6.10. The second-order valence-electron chi connectivity index (χ2n) is 1.88. The van der Waals surface area contributed by atoms with Crippen LogP contribution in [0.3, 0.4) is 0 Å². The first kappa shape index (κ1) is 10.0. The monoisotopic (exact) mass is 183 g/mol. The number of hydrogen-bond donors (Lipinski definition) is 0. The summed E-state index contributed by atoms with van der Waals surface area (Å²) >= 11 is 11.0. The van der Waals surface area contributed by atoms with Gasteiger partial charge in [0.2, 0.25) is 0 Å².